The summed E-state index contributed by atoms with van der Waals surface area (Å²) in [5, 5.41) is 0. The predicted molar refractivity (Wildman–Crippen MR) is 63.1 cm³/mol. The Morgan fingerprint density at radius 3 is 2.78 bits per heavy atom. The zero-order chi connectivity index (χ0) is 12.8. The van der Waals surface area contributed by atoms with Gasteiger partial charge < -0.3 is 9.80 Å². The standard InChI is InChI=1S/C11H14FN5O/c12-8-1-2-14-9(3-8)16-4-11(5-16)6-17(7-11)10(18)15-13/h1-3H,4-7,13H2,(H,15,18). The topological polar surface area (TPSA) is 74.5 Å². The Morgan fingerprint density at radius 1 is 1.44 bits per heavy atom. The van der Waals surface area contributed by atoms with Crippen molar-refractivity contribution in [3.8, 4) is 0 Å². The number of halogens is 1. The highest BCUT2D eigenvalue weighted by Gasteiger charge is 2.53. The van der Waals surface area contributed by atoms with Crippen LogP contribution in [-0.2, 0) is 0 Å². The fraction of sp³-hybridized carbons (Fsp3) is 0.455. The Bertz CT molecular complexity index is 480. The Kier molecular flexibility index (Phi) is 2.37. The number of nitrogens with zero attached hydrogens (tertiary/aromatic N) is 3. The molecule has 7 heteroatoms. The fourth-order valence-electron chi connectivity index (χ4n) is 2.69. The molecular formula is C11H14FN5O. The van der Waals surface area contributed by atoms with Crippen LogP contribution in [0.3, 0.4) is 0 Å². The third-order valence-corrected chi connectivity index (χ3v) is 3.55. The number of pyridine rings is 1. The molecule has 1 aromatic rings. The molecular weight excluding hydrogens is 237 g/mol. The highest BCUT2D eigenvalue weighted by atomic mass is 19.1. The van der Waals surface area contributed by atoms with Gasteiger partial charge in [0.1, 0.15) is 11.6 Å². The highest BCUT2D eigenvalue weighted by Crippen LogP contribution is 2.41. The zero-order valence-corrected chi connectivity index (χ0v) is 9.77. The van der Waals surface area contributed by atoms with Crippen molar-refractivity contribution in [2.24, 2.45) is 11.3 Å². The van der Waals surface area contributed by atoms with E-state index in [0.717, 1.165) is 13.1 Å². The van der Waals surface area contributed by atoms with E-state index in [2.05, 4.69) is 10.4 Å². The van der Waals surface area contributed by atoms with E-state index in [0.29, 0.717) is 18.9 Å². The normalized spacial score (nSPS) is 20.3. The quantitative estimate of drug-likeness (QED) is 0.416. The molecule has 0 aromatic carbocycles. The van der Waals surface area contributed by atoms with Gasteiger partial charge in [0, 0.05) is 43.9 Å². The van der Waals surface area contributed by atoms with Crippen LogP contribution in [0.25, 0.3) is 0 Å². The van der Waals surface area contributed by atoms with E-state index in [9.17, 15) is 9.18 Å². The number of hydrogen-bond donors (Lipinski definition) is 2. The number of nitrogens with two attached hydrogens (primary N) is 1. The van der Waals surface area contributed by atoms with Crippen LogP contribution >= 0.6 is 0 Å². The van der Waals surface area contributed by atoms with Crippen molar-refractivity contribution in [1.29, 1.82) is 0 Å². The number of nitrogens with one attached hydrogen (secondary N) is 1. The number of likely N-dealkylation sites (tertiary alicyclic amines) is 1. The van der Waals surface area contributed by atoms with E-state index in [1.54, 1.807) is 4.90 Å². The van der Waals surface area contributed by atoms with Gasteiger partial charge in [-0.25, -0.2) is 20.0 Å². The van der Waals surface area contributed by atoms with Crippen molar-refractivity contribution in [2.45, 2.75) is 0 Å². The smallest absolute Gasteiger partial charge is 0.331 e. The maximum Gasteiger partial charge on any atom is 0.331 e. The second-order valence-electron chi connectivity index (χ2n) is 4.99. The Labute approximate surface area is 104 Å². The highest BCUT2D eigenvalue weighted by molar-refractivity contribution is 5.75. The molecule has 1 aromatic heterocycles. The summed E-state index contributed by atoms with van der Waals surface area (Å²) >= 11 is 0. The van der Waals surface area contributed by atoms with Gasteiger partial charge in [0.2, 0.25) is 0 Å². The van der Waals surface area contributed by atoms with Gasteiger partial charge in [0.05, 0.1) is 0 Å². The summed E-state index contributed by atoms with van der Waals surface area (Å²) in [5.74, 6) is 5.44. The van der Waals surface area contributed by atoms with Crippen LogP contribution in [0.2, 0.25) is 0 Å². The van der Waals surface area contributed by atoms with E-state index >= 15 is 0 Å². The number of aromatic nitrogens is 1. The van der Waals surface area contributed by atoms with Gasteiger partial charge in [-0.15, -0.1) is 0 Å². The van der Waals surface area contributed by atoms with Crippen LogP contribution in [0.4, 0.5) is 15.0 Å². The summed E-state index contributed by atoms with van der Waals surface area (Å²) in [5.41, 5.74) is 2.25. The summed E-state index contributed by atoms with van der Waals surface area (Å²) in [6.45, 7) is 3.00. The molecule has 2 aliphatic rings. The molecule has 0 aliphatic carbocycles. The van der Waals surface area contributed by atoms with Crippen LogP contribution in [0.15, 0.2) is 18.3 Å². The summed E-state index contributed by atoms with van der Waals surface area (Å²) in [4.78, 5) is 19.0. The lowest BCUT2D eigenvalue weighted by Crippen LogP contribution is -2.74. The van der Waals surface area contributed by atoms with Gasteiger partial charge in [-0.1, -0.05) is 0 Å². The van der Waals surface area contributed by atoms with Gasteiger partial charge in [-0.05, 0) is 6.07 Å². The molecule has 0 saturated carbocycles. The van der Waals surface area contributed by atoms with Gasteiger partial charge in [-0.3, -0.25) is 5.43 Å². The summed E-state index contributed by atoms with van der Waals surface area (Å²) in [6, 6.07) is 2.51. The molecule has 3 rings (SSSR count). The van der Waals surface area contributed by atoms with Crippen molar-refractivity contribution >= 4 is 11.8 Å². The van der Waals surface area contributed by atoms with Crippen molar-refractivity contribution in [3.63, 3.8) is 0 Å². The second kappa shape index (κ2) is 3.81. The summed E-state index contributed by atoms with van der Waals surface area (Å²) in [6.07, 6.45) is 1.46. The zero-order valence-electron chi connectivity index (χ0n) is 9.77. The molecule has 0 radical (unpaired) electrons. The van der Waals surface area contributed by atoms with Gasteiger partial charge in [-0.2, -0.15) is 0 Å². The fourth-order valence-corrected chi connectivity index (χ4v) is 2.69. The second-order valence-corrected chi connectivity index (χ2v) is 4.99. The minimum Gasteiger partial charge on any atom is -0.355 e. The molecule has 0 atom stereocenters. The lowest BCUT2D eigenvalue weighted by atomic mass is 9.73. The molecule has 3 heterocycles. The minimum atomic E-state index is -0.279. The first-order valence-electron chi connectivity index (χ1n) is 5.74. The Morgan fingerprint density at radius 2 is 2.17 bits per heavy atom. The molecule has 18 heavy (non-hydrogen) atoms. The molecule has 6 nitrogen and oxygen atoms in total. The van der Waals surface area contributed by atoms with Crippen molar-refractivity contribution in [1.82, 2.24) is 15.3 Å². The number of rotatable bonds is 1. The van der Waals surface area contributed by atoms with Crippen molar-refractivity contribution < 1.29 is 9.18 Å². The minimum absolute atomic E-state index is 0.139. The van der Waals surface area contributed by atoms with Crippen molar-refractivity contribution in [2.75, 3.05) is 31.1 Å². The van der Waals surface area contributed by atoms with Crippen LogP contribution in [0, 0.1) is 11.2 Å². The van der Waals surface area contributed by atoms with E-state index < -0.39 is 0 Å². The average Bonchev–Trinajstić information content (AvgIpc) is 2.25. The van der Waals surface area contributed by atoms with E-state index in [-0.39, 0.29) is 17.3 Å². The van der Waals surface area contributed by atoms with Gasteiger partial charge in [0.25, 0.3) is 0 Å². The van der Waals surface area contributed by atoms with Gasteiger partial charge >= 0.3 is 6.03 Å². The molecule has 96 valence electrons. The van der Waals surface area contributed by atoms with E-state index in [4.69, 9.17) is 5.84 Å². The molecule has 2 amide bonds. The van der Waals surface area contributed by atoms with Crippen molar-refractivity contribution in [3.05, 3.63) is 24.1 Å². The number of carbonyl (C=O) groups excluding carboxylic acids is 1. The number of anilines is 1. The lowest BCUT2D eigenvalue weighted by Gasteiger charge is -2.60. The maximum absolute atomic E-state index is 13.0. The van der Waals surface area contributed by atoms with Crippen LogP contribution in [0.1, 0.15) is 0 Å². The Hall–Kier alpha value is -1.89. The number of urea groups is 1. The van der Waals surface area contributed by atoms with E-state index in [1.807, 2.05) is 4.90 Å². The maximum atomic E-state index is 13.0. The number of hydrogen-bond acceptors (Lipinski definition) is 4. The molecule has 2 saturated heterocycles. The van der Waals surface area contributed by atoms with Gasteiger partial charge in [0.15, 0.2) is 0 Å². The average molecular weight is 251 g/mol. The monoisotopic (exact) mass is 251 g/mol. The van der Waals surface area contributed by atoms with Crippen LogP contribution < -0.4 is 16.2 Å². The summed E-state index contributed by atoms with van der Waals surface area (Å²) < 4.78 is 13.0. The number of hydrazine groups is 1. The van der Waals surface area contributed by atoms with Crippen LogP contribution in [-0.4, -0.2) is 42.1 Å². The molecule has 3 N–H and O–H groups in total. The molecule has 2 aliphatic heterocycles. The third-order valence-electron chi connectivity index (χ3n) is 3.55. The Balaban J connectivity index is 1.57. The molecule has 0 bridgehead atoms. The first kappa shape index (κ1) is 11.2. The van der Waals surface area contributed by atoms with Crippen LogP contribution in [0.5, 0.6) is 0 Å². The van der Waals surface area contributed by atoms with E-state index in [1.165, 1.54) is 18.3 Å². The number of carbonyl (C=O) groups is 1. The molecule has 2 fully saturated rings. The number of amides is 2. The first-order chi connectivity index (χ1) is 8.62. The lowest BCUT2D eigenvalue weighted by molar-refractivity contribution is 0.00740. The summed E-state index contributed by atoms with van der Waals surface area (Å²) in [7, 11) is 0. The predicted octanol–water partition coefficient (Wildman–Crippen LogP) is -0.0740. The first-order valence-corrected chi connectivity index (χ1v) is 5.74. The molecule has 0 unspecified atom stereocenters. The third kappa shape index (κ3) is 1.67. The largest absolute Gasteiger partial charge is 0.355 e. The molecule has 1 spiro atoms. The SMILES string of the molecule is NNC(=O)N1CC2(C1)CN(c1cc(F)ccn1)C2.